The van der Waals surface area contributed by atoms with Gasteiger partial charge in [-0.25, -0.2) is 4.79 Å². The van der Waals surface area contributed by atoms with Gasteiger partial charge in [-0.15, -0.1) is 0 Å². The van der Waals surface area contributed by atoms with Crippen molar-refractivity contribution in [3.8, 4) is 0 Å². The summed E-state index contributed by atoms with van der Waals surface area (Å²) in [6, 6.07) is 0. The number of hydrogen-bond donors (Lipinski definition) is 0. The quantitative estimate of drug-likeness (QED) is 0.545. The standard InChI is InChI=1S/C13H22O3/c1-5-6-15-12(14)16-11-7-10(2)8-13(3,4)9-11/h5,10-11H,1,6-9H2,2-4H3/t10-,11+/m1/s1. The van der Waals surface area contributed by atoms with Gasteiger partial charge in [-0.3, -0.25) is 0 Å². The van der Waals surface area contributed by atoms with Crippen LogP contribution in [0.5, 0.6) is 0 Å². The van der Waals surface area contributed by atoms with Crippen molar-refractivity contribution in [3.05, 3.63) is 12.7 Å². The van der Waals surface area contributed by atoms with Gasteiger partial charge in [0.15, 0.2) is 0 Å². The summed E-state index contributed by atoms with van der Waals surface area (Å²) in [4.78, 5) is 11.3. The Bertz CT molecular complexity index is 258. The molecule has 16 heavy (non-hydrogen) atoms. The van der Waals surface area contributed by atoms with Gasteiger partial charge in [0.2, 0.25) is 0 Å². The normalized spacial score (nSPS) is 28.2. The van der Waals surface area contributed by atoms with Gasteiger partial charge >= 0.3 is 6.16 Å². The van der Waals surface area contributed by atoms with Crippen LogP contribution in [0.25, 0.3) is 0 Å². The molecule has 0 N–H and O–H groups in total. The summed E-state index contributed by atoms with van der Waals surface area (Å²) in [5.41, 5.74) is 0.251. The third-order valence-electron chi connectivity index (χ3n) is 2.93. The molecule has 0 radical (unpaired) electrons. The third-order valence-corrected chi connectivity index (χ3v) is 2.93. The number of carbonyl (C=O) groups excluding carboxylic acids is 1. The molecule has 3 heteroatoms. The summed E-state index contributed by atoms with van der Waals surface area (Å²) in [5.74, 6) is 0.598. The Labute approximate surface area is 97.8 Å². The Hall–Kier alpha value is -0.990. The first kappa shape index (κ1) is 13.1. The van der Waals surface area contributed by atoms with E-state index < -0.39 is 6.16 Å². The molecule has 0 aromatic heterocycles. The summed E-state index contributed by atoms with van der Waals surface area (Å²) in [6.07, 6.45) is 4.00. The molecule has 0 amide bonds. The average Bonchev–Trinajstić information content (AvgIpc) is 2.11. The first-order valence-corrected chi connectivity index (χ1v) is 5.87. The Balaban J connectivity index is 2.41. The van der Waals surface area contributed by atoms with Gasteiger partial charge in [0.25, 0.3) is 0 Å². The Morgan fingerprint density at radius 3 is 2.75 bits per heavy atom. The van der Waals surface area contributed by atoms with Gasteiger partial charge < -0.3 is 9.47 Å². The van der Waals surface area contributed by atoms with Crippen molar-refractivity contribution in [2.75, 3.05) is 6.61 Å². The highest BCUT2D eigenvalue weighted by Gasteiger charge is 2.34. The van der Waals surface area contributed by atoms with Crippen molar-refractivity contribution in [1.82, 2.24) is 0 Å². The van der Waals surface area contributed by atoms with E-state index in [1.807, 2.05) is 0 Å². The molecule has 1 saturated carbocycles. The number of hydrogen-bond acceptors (Lipinski definition) is 3. The van der Waals surface area contributed by atoms with E-state index in [0.717, 1.165) is 12.8 Å². The Morgan fingerprint density at radius 1 is 1.50 bits per heavy atom. The maximum Gasteiger partial charge on any atom is 0.508 e. The van der Waals surface area contributed by atoms with Crippen LogP contribution in [0, 0.1) is 11.3 Å². The highest BCUT2D eigenvalue weighted by Crippen LogP contribution is 2.39. The largest absolute Gasteiger partial charge is 0.508 e. The Morgan fingerprint density at radius 2 is 2.19 bits per heavy atom. The fourth-order valence-corrected chi connectivity index (χ4v) is 2.65. The van der Waals surface area contributed by atoms with Gasteiger partial charge in [-0.1, -0.05) is 33.4 Å². The van der Waals surface area contributed by atoms with Crippen molar-refractivity contribution in [3.63, 3.8) is 0 Å². The zero-order chi connectivity index (χ0) is 12.2. The van der Waals surface area contributed by atoms with Crippen LogP contribution in [-0.4, -0.2) is 18.9 Å². The molecule has 0 aromatic rings. The first-order valence-electron chi connectivity index (χ1n) is 5.87. The van der Waals surface area contributed by atoms with Crippen LogP contribution in [0.15, 0.2) is 12.7 Å². The van der Waals surface area contributed by atoms with Gasteiger partial charge in [-0.05, 0) is 30.6 Å². The van der Waals surface area contributed by atoms with E-state index in [4.69, 9.17) is 9.47 Å². The summed E-state index contributed by atoms with van der Waals surface area (Å²) in [7, 11) is 0. The number of carbonyl (C=O) groups is 1. The zero-order valence-corrected chi connectivity index (χ0v) is 10.5. The molecule has 1 fully saturated rings. The SMILES string of the molecule is C=CCOC(=O)O[C@H]1C[C@@H](C)CC(C)(C)C1. The Kier molecular flexibility index (Phi) is 4.39. The molecular weight excluding hydrogens is 204 g/mol. The molecule has 1 aliphatic rings. The van der Waals surface area contributed by atoms with Crippen molar-refractivity contribution >= 4 is 6.16 Å². The lowest BCUT2D eigenvalue weighted by molar-refractivity contribution is -0.0169. The number of rotatable bonds is 3. The van der Waals surface area contributed by atoms with Crippen molar-refractivity contribution in [1.29, 1.82) is 0 Å². The lowest BCUT2D eigenvalue weighted by atomic mass is 9.71. The van der Waals surface area contributed by atoms with Crippen molar-refractivity contribution in [2.45, 2.75) is 46.1 Å². The molecule has 2 atom stereocenters. The molecule has 1 rings (SSSR count). The lowest BCUT2D eigenvalue weighted by Gasteiger charge is -2.38. The van der Waals surface area contributed by atoms with Gasteiger partial charge in [0.1, 0.15) is 12.7 Å². The van der Waals surface area contributed by atoms with Crippen LogP contribution in [0.1, 0.15) is 40.0 Å². The average molecular weight is 226 g/mol. The second kappa shape index (κ2) is 5.37. The molecule has 0 saturated heterocycles. The van der Waals surface area contributed by atoms with E-state index >= 15 is 0 Å². The smallest absolute Gasteiger partial charge is 0.431 e. The van der Waals surface area contributed by atoms with E-state index in [0.29, 0.717) is 5.92 Å². The van der Waals surface area contributed by atoms with Crippen LogP contribution in [0.3, 0.4) is 0 Å². The molecule has 0 unspecified atom stereocenters. The minimum atomic E-state index is -0.574. The van der Waals surface area contributed by atoms with Crippen molar-refractivity contribution < 1.29 is 14.3 Å². The minimum absolute atomic E-state index is 0.00364. The van der Waals surface area contributed by atoms with Crippen LogP contribution >= 0.6 is 0 Å². The van der Waals surface area contributed by atoms with Crippen LogP contribution < -0.4 is 0 Å². The highest BCUT2D eigenvalue weighted by atomic mass is 16.7. The molecule has 3 nitrogen and oxygen atoms in total. The second-order valence-electron chi connectivity index (χ2n) is 5.50. The fourth-order valence-electron chi connectivity index (χ4n) is 2.65. The molecule has 92 valence electrons. The summed E-state index contributed by atoms with van der Waals surface area (Å²) >= 11 is 0. The second-order valence-corrected chi connectivity index (χ2v) is 5.50. The van der Waals surface area contributed by atoms with E-state index in [-0.39, 0.29) is 18.1 Å². The van der Waals surface area contributed by atoms with Gasteiger partial charge in [0, 0.05) is 0 Å². The van der Waals surface area contributed by atoms with E-state index in [1.165, 1.54) is 12.5 Å². The molecule has 0 bridgehead atoms. The lowest BCUT2D eigenvalue weighted by Crippen LogP contribution is -2.34. The summed E-state index contributed by atoms with van der Waals surface area (Å²) < 4.78 is 10.1. The van der Waals surface area contributed by atoms with Gasteiger partial charge in [0.05, 0.1) is 0 Å². The minimum Gasteiger partial charge on any atom is -0.431 e. The monoisotopic (exact) mass is 226 g/mol. The van der Waals surface area contributed by atoms with Gasteiger partial charge in [-0.2, -0.15) is 0 Å². The van der Waals surface area contributed by atoms with Crippen LogP contribution in [0.4, 0.5) is 4.79 Å². The predicted molar refractivity (Wildman–Crippen MR) is 63.2 cm³/mol. The molecular formula is C13H22O3. The third kappa shape index (κ3) is 4.25. The fraction of sp³-hybridized carbons (Fsp3) is 0.769. The molecule has 0 aliphatic heterocycles. The zero-order valence-electron chi connectivity index (χ0n) is 10.5. The maximum atomic E-state index is 11.3. The van der Waals surface area contributed by atoms with E-state index in [2.05, 4.69) is 27.4 Å². The topological polar surface area (TPSA) is 35.5 Å². The van der Waals surface area contributed by atoms with Crippen molar-refractivity contribution in [2.24, 2.45) is 11.3 Å². The molecule has 1 aliphatic carbocycles. The van der Waals surface area contributed by atoms with Crippen LogP contribution in [-0.2, 0) is 9.47 Å². The first-order chi connectivity index (χ1) is 7.43. The summed E-state index contributed by atoms with van der Waals surface area (Å²) in [6.45, 7) is 10.3. The molecule has 0 aromatic carbocycles. The highest BCUT2D eigenvalue weighted by molar-refractivity contribution is 5.60. The van der Waals surface area contributed by atoms with E-state index in [1.54, 1.807) is 0 Å². The number of ether oxygens (including phenoxy) is 2. The maximum absolute atomic E-state index is 11.3. The summed E-state index contributed by atoms with van der Waals surface area (Å²) in [5, 5.41) is 0. The van der Waals surface area contributed by atoms with E-state index in [9.17, 15) is 4.79 Å². The predicted octanol–water partition coefficient (Wildman–Crippen LogP) is 3.54. The molecule has 0 spiro atoms. The molecule has 0 heterocycles. The van der Waals surface area contributed by atoms with Crippen LogP contribution in [0.2, 0.25) is 0 Å².